The first-order valence-electron chi connectivity index (χ1n) is 10.8. The zero-order valence-electron chi connectivity index (χ0n) is 18.3. The van der Waals surface area contributed by atoms with E-state index in [1.54, 1.807) is 0 Å². The van der Waals surface area contributed by atoms with Crippen molar-refractivity contribution in [3.8, 4) is 0 Å². The van der Waals surface area contributed by atoms with Gasteiger partial charge in [-0.05, 0) is 55.1 Å². The molecule has 2 aliphatic rings. The van der Waals surface area contributed by atoms with Gasteiger partial charge in [0.15, 0.2) is 0 Å². The summed E-state index contributed by atoms with van der Waals surface area (Å²) >= 11 is 6.23. The predicted octanol–water partition coefficient (Wildman–Crippen LogP) is 4.73. The molecule has 1 fully saturated rings. The summed E-state index contributed by atoms with van der Waals surface area (Å²) in [7, 11) is 0. The van der Waals surface area contributed by atoms with Crippen LogP contribution in [0.5, 0.6) is 0 Å². The highest BCUT2D eigenvalue weighted by molar-refractivity contribution is 6.33. The lowest BCUT2D eigenvalue weighted by atomic mass is 9.99. The molecule has 1 saturated heterocycles. The smallest absolute Gasteiger partial charge is 0.475 e. The maximum absolute atomic E-state index is 12.7. The quantitative estimate of drug-likeness (QED) is 0.491. The van der Waals surface area contributed by atoms with Crippen LogP contribution in [0.3, 0.4) is 0 Å². The van der Waals surface area contributed by atoms with Crippen LogP contribution in [-0.2, 0) is 17.8 Å². The molecule has 2 aromatic carbocycles. The Kier molecular flexibility index (Phi) is 8.62. The lowest BCUT2D eigenvalue weighted by Crippen LogP contribution is -2.44. The number of hydrogen-bond acceptors (Lipinski definition) is 4. The van der Waals surface area contributed by atoms with Crippen LogP contribution in [0.4, 0.5) is 29.3 Å². The summed E-state index contributed by atoms with van der Waals surface area (Å²) in [5, 5.41) is 17.9. The molecule has 2 aromatic rings. The molecule has 0 aliphatic carbocycles. The number of anilines is 2. The number of carboxylic acids is 1. The summed E-state index contributed by atoms with van der Waals surface area (Å²) in [5.74, 6) is -2.76. The maximum Gasteiger partial charge on any atom is 0.490 e. The molecule has 34 heavy (non-hydrogen) atoms. The van der Waals surface area contributed by atoms with Gasteiger partial charge in [-0.2, -0.15) is 13.2 Å². The van der Waals surface area contributed by atoms with Crippen LogP contribution in [0.25, 0.3) is 0 Å². The predicted molar refractivity (Wildman–Crippen MR) is 124 cm³/mol. The summed E-state index contributed by atoms with van der Waals surface area (Å²) in [5.41, 5.74) is 4.44. The number of carboxylic acid groups (broad SMARTS) is 1. The Morgan fingerprint density at radius 1 is 1.06 bits per heavy atom. The Morgan fingerprint density at radius 2 is 1.71 bits per heavy atom. The topological polar surface area (TPSA) is 93.7 Å². The van der Waals surface area contributed by atoms with E-state index in [1.165, 1.54) is 11.1 Å². The number of benzene rings is 2. The number of hydrogen-bond donors (Lipinski definition) is 4. The van der Waals surface area contributed by atoms with Gasteiger partial charge in [0.2, 0.25) is 0 Å². The molecular weight excluding hydrogens is 473 g/mol. The minimum Gasteiger partial charge on any atom is -0.475 e. The van der Waals surface area contributed by atoms with Crippen LogP contribution in [-0.4, -0.2) is 53.9 Å². The Labute approximate surface area is 200 Å². The molecule has 2 aliphatic heterocycles. The zero-order chi connectivity index (χ0) is 24.7. The molecule has 2 heterocycles. The molecule has 184 valence electrons. The van der Waals surface area contributed by atoms with E-state index in [1.807, 2.05) is 41.3 Å². The van der Waals surface area contributed by atoms with E-state index in [-0.39, 0.29) is 6.03 Å². The number of carbonyl (C=O) groups is 2. The van der Waals surface area contributed by atoms with Crippen LogP contribution in [0.15, 0.2) is 42.5 Å². The van der Waals surface area contributed by atoms with Crippen molar-refractivity contribution in [2.24, 2.45) is 0 Å². The second-order valence-corrected chi connectivity index (χ2v) is 8.40. The molecule has 0 bridgehead atoms. The van der Waals surface area contributed by atoms with Crippen LogP contribution < -0.4 is 16.0 Å². The third kappa shape index (κ3) is 7.01. The Hall–Kier alpha value is -2.98. The van der Waals surface area contributed by atoms with Gasteiger partial charge < -0.3 is 26.0 Å². The average Bonchev–Trinajstić information content (AvgIpc) is 2.81. The standard InChI is InChI=1S/C21H25ClN4O.C2HF3O2/c22-18-5-1-2-6-20(18)24-16-9-12-26(13-10-16)21(27)25-19-7-3-4-15-8-11-23-14-17(15)19;3-2(4,5)1(6)7/h1-7,16,23-24H,8-14H2,(H,25,27);(H,6,7). The summed E-state index contributed by atoms with van der Waals surface area (Å²) in [6, 6.07) is 14.3. The summed E-state index contributed by atoms with van der Waals surface area (Å²) in [6.45, 7) is 3.29. The summed E-state index contributed by atoms with van der Waals surface area (Å²) in [4.78, 5) is 23.5. The second kappa shape index (κ2) is 11.4. The summed E-state index contributed by atoms with van der Waals surface area (Å²) < 4.78 is 31.7. The maximum atomic E-state index is 12.7. The van der Waals surface area contributed by atoms with E-state index in [2.05, 4.69) is 22.0 Å². The van der Waals surface area contributed by atoms with Crippen molar-refractivity contribution in [2.75, 3.05) is 30.3 Å². The number of para-hydroxylation sites is 1. The molecule has 2 amide bonds. The number of urea groups is 1. The number of alkyl halides is 3. The van der Waals surface area contributed by atoms with Crippen molar-refractivity contribution in [1.29, 1.82) is 0 Å². The third-order valence-corrected chi connectivity index (χ3v) is 5.98. The number of aliphatic carboxylic acids is 1. The van der Waals surface area contributed by atoms with Crippen LogP contribution in [0.2, 0.25) is 5.02 Å². The molecule has 0 spiro atoms. The van der Waals surface area contributed by atoms with Gasteiger partial charge in [0.25, 0.3) is 0 Å². The van der Waals surface area contributed by atoms with Crippen molar-refractivity contribution in [2.45, 2.75) is 38.0 Å². The highest BCUT2D eigenvalue weighted by Crippen LogP contribution is 2.26. The first-order valence-corrected chi connectivity index (χ1v) is 11.2. The molecule has 0 atom stereocenters. The number of nitrogens with zero attached hydrogens (tertiary/aromatic N) is 1. The minimum atomic E-state index is -5.08. The van der Waals surface area contributed by atoms with Gasteiger partial charge in [0.1, 0.15) is 0 Å². The largest absolute Gasteiger partial charge is 0.490 e. The number of halogens is 4. The lowest BCUT2D eigenvalue weighted by Gasteiger charge is -2.33. The minimum absolute atomic E-state index is 0.00910. The van der Waals surface area contributed by atoms with Gasteiger partial charge in [-0.15, -0.1) is 0 Å². The summed E-state index contributed by atoms with van der Waals surface area (Å²) in [6.07, 6.45) is -2.25. The SMILES string of the molecule is O=C(Nc1cccc2c1CNCC2)N1CCC(Nc2ccccc2Cl)CC1.O=C(O)C(F)(F)F. The fourth-order valence-electron chi connectivity index (χ4n) is 3.85. The Morgan fingerprint density at radius 3 is 2.35 bits per heavy atom. The van der Waals surface area contributed by atoms with Gasteiger partial charge in [0.05, 0.1) is 10.7 Å². The first-order chi connectivity index (χ1) is 16.1. The number of piperidine rings is 1. The Bertz CT molecular complexity index is 1010. The van der Waals surface area contributed by atoms with E-state index >= 15 is 0 Å². The second-order valence-electron chi connectivity index (χ2n) is 7.99. The highest BCUT2D eigenvalue weighted by Gasteiger charge is 2.38. The van der Waals surface area contributed by atoms with E-state index in [0.29, 0.717) is 6.04 Å². The van der Waals surface area contributed by atoms with E-state index in [4.69, 9.17) is 21.5 Å². The molecule has 11 heteroatoms. The van der Waals surface area contributed by atoms with E-state index in [0.717, 1.165) is 61.8 Å². The third-order valence-electron chi connectivity index (χ3n) is 5.65. The van der Waals surface area contributed by atoms with Crippen LogP contribution >= 0.6 is 11.6 Å². The van der Waals surface area contributed by atoms with E-state index < -0.39 is 12.1 Å². The molecule has 0 aromatic heterocycles. The Balaban J connectivity index is 0.000000406. The van der Waals surface area contributed by atoms with Gasteiger partial charge in [-0.25, -0.2) is 9.59 Å². The number of amides is 2. The van der Waals surface area contributed by atoms with Gasteiger partial charge in [0, 0.05) is 31.4 Å². The van der Waals surface area contributed by atoms with Crippen LogP contribution in [0, 0.1) is 0 Å². The van der Waals surface area contributed by atoms with Crippen molar-refractivity contribution in [3.05, 3.63) is 58.6 Å². The van der Waals surface area contributed by atoms with Crippen molar-refractivity contribution < 1.29 is 27.9 Å². The number of fused-ring (bicyclic) bond motifs is 1. The van der Waals surface area contributed by atoms with Gasteiger partial charge in [-0.1, -0.05) is 35.9 Å². The number of carbonyl (C=O) groups excluding carboxylic acids is 1. The van der Waals surface area contributed by atoms with Crippen LogP contribution in [0.1, 0.15) is 24.0 Å². The fraction of sp³-hybridized carbons (Fsp3) is 0.391. The number of likely N-dealkylation sites (tertiary alicyclic amines) is 1. The molecule has 7 nitrogen and oxygen atoms in total. The molecular formula is C23H26ClF3N4O3. The molecule has 0 radical (unpaired) electrons. The van der Waals surface area contributed by atoms with Crippen molar-refractivity contribution in [1.82, 2.24) is 10.2 Å². The monoisotopic (exact) mass is 498 g/mol. The van der Waals surface area contributed by atoms with E-state index in [9.17, 15) is 18.0 Å². The average molecular weight is 499 g/mol. The van der Waals surface area contributed by atoms with Gasteiger partial charge in [-0.3, -0.25) is 0 Å². The molecule has 0 saturated carbocycles. The zero-order valence-corrected chi connectivity index (χ0v) is 19.0. The van der Waals surface area contributed by atoms with Crippen molar-refractivity contribution in [3.63, 3.8) is 0 Å². The normalized spacial score (nSPS) is 16.1. The molecule has 0 unspecified atom stereocenters. The number of nitrogens with one attached hydrogen (secondary N) is 3. The van der Waals surface area contributed by atoms with Crippen molar-refractivity contribution >= 4 is 35.0 Å². The van der Waals surface area contributed by atoms with Gasteiger partial charge >= 0.3 is 18.2 Å². The molecule has 4 rings (SSSR count). The highest BCUT2D eigenvalue weighted by atomic mass is 35.5. The fourth-order valence-corrected chi connectivity index (χ4v) is 4.04. The lowest BCUT2D eigenvalue weighted by molar-refractivity contribution is -0.192. The number of rotatable bonds is 3. The first kappa shape index (κ1) is 25.6. The molecule has 4 N–H and O–H groups in total.